The molecule has 136 valence electrons. The van der Waals surface area contributed by atoms with E-state index < -0.39 is 18.1 Å². The maximum absolute atomic E-state index is 12.2. The fraction of sp³-hybridized carbons (Fsp3) is 0.500. The van der Waals surface area contributed by atoms with Gasteiger partial charge in [0, 0.05) is 18.7 Å². The average Bonchev–Trinajstić information content (AvgIpc) is 2.61. The summed E-state index contributed by atoms with van der Waals surface area (Å²) in [6.45, 7) is 6.88. The summed E-state index contributed by atoms with van der Waals surface area (Å²) in [6.07, 6.45) is -0.899. The molecule has 1 aliphatic heterocycles. The molecule has 2 amide bonds. The van der Waals surface area contributed by atoms with Crippen LogP contribution in [0, 0.1) is 6.92 Å². The minimum absolute atomic E-state index is 0.256. The van der Waals surface area contributed by atoms with Crippen molar-refractivity contribution in [2.75, 3.05) is 26.3 Å². The van der Waals surface area contributed by atoms with Gasteiger partial charge in [0.2, 0.25) is 0 Å². The van der Waals surface area contributed by atoms with Gasteiger partial charge in [0.25, 0.3) is 11.8 Å². The Labute approximate surface area is 147 Å². The number of ether oxygens (including phenoxy) is 2. The summed E-state index contributed by atoms with van der Waals surface area (Å²) in [4.78, 5) is 38.2. The fourth-order valence-electron chi connectivity index (χ4n) is 2.49. The molecule has 2 rings (SSSR count). The number of esters is 1. The third kappa shape index (κ3) is 5.29. The third-order valence-corrected chi connectivity index (χ3v) is 3.94. The SMILES string of the molecule is Cc1cccc(C(=O)NC(C)C(=O)OC(C)C(=O)N2CCOCC2)c1. The zero-order valence-corrected chi connectivity index (χ0v) is 14.8. The molecule has 2 unspecified atom stereocenters. The first kappa shape index (κ1) is 18.9. The lowest BCUT2D eigenvalue weighted by molar-refractivity contribution is -0.162. The molecule has 0 spiro atoms. The van der Waals surface area contributed by atoms with Crippen molar-refractivity contribution in [1.29, 1.82) is 0 Å². The molecule has 0 radical (unpaired) electrons. The molecule has 2 atom stereocenters. The number of amides is 2. The van der Waals surface area contributed by atoms with Gasteiger partial charge in [-0.3, -0.25) is 9.59 Å². The first-order valence-electron chi connectivity index (χ1n) is 8.33. The van der Waals surface area contributed by atoms with E-state index in [2.05, 4.69) is 5.32 Å². The lowest BCUT2D eigenvalue weighted by atomic mass is 10.1. The Morgan fingerprint density at radius 1 is 1.20 bits per heavy atom. The van der Waals surface area contributed by atoms with E-state index in [1.54, 1.807) is 23.1 Å². The van der Waals surface area contributed by atoms with E-state index >= 15 is 0 Å². The number of aryl methyl sites for hydroxylation is 1. The third-order valence-electron chi connectivity index (χ3n) is 3.94. The molecule has 7 heteroatoms. The van der Waals surface area contributed by atoms with Crippen molar-refractivity contribution in [3.05, 3.63) is 35.4 Å². The number of carbonyl (C=O) groups excluding carboxylic acids is 3. The lowest BCUT2D eigenvalue weighted by Gasteiger charge is -2.29. The number of nitrogens with zero attached hydrogens (tertiary/aromatic N) is 1. The second-order valence-corrected chi connectivity index (χ2v) is 6.08. The summed E-state index contributed by atoms with van der Waals surface area (Å²) in [5.74, 6) is -1.26. The minimum atomic E-state index is -0.899. The molecule has 0 aromatic heterocycles. The Kier molecular flexibility index (Phi) is 6.52. The first-order chi connectivity index (χ1) is 11.9. The fourth-order valence-corrected chi connectivity index (χ4v) is 2.49. The highest BCUT2D eigenvalue weighted by molar-refractivity contribution is 5.97. The van der Waals surface area contributed by atoms with Gasteiger partial charge in [-0.2, -0.15) is 0 Å². The summed E-state index contributed by atoms with van der Waals surface area (Å²) < 4.78 is 10.4. The van der Waals surface area contributed by atoms with Crippen LogP contribution in [-0.2, 0) is 19.1 Å². The van der Waals surface area contributed by atoms with E-state index in [9.17, 15) is 14.4 Å². The molecule has 0 aliphatic carbocycles. The zero-order valence-electron chi connectivity index (χ0n) is 14.8. The van der Waals surface area contributed by atoms with Crippen LogP contribution in [0.15, 0.2) is 24.3 Å². The summed E-state index contributed by atoms with van der Waals surface area (Å²) in [7, 11) is 0. The van der Waals surface area contributed by atoms with Crippen molar-refractivity contribution >= 4 is 17.8 Å². The summed E-state index contributed by atoms with van der Waals surface area (Å²) in [5, 5.41) is 2.59. The van der Waals surface area contributed by atoms with Crippen LogP contribution in [0.3, 0.4) is 0 Å². The topological polar surface area (TPSA) is 84.9 Å². The smallest absolute Gasteiger partial charge is 0.329 e. The molecule has 7 nitrogen and oxygen atoms in total. The van der Waals surface area contributed by atoms with Crippen molar-refractivity contribution in [3.63, 3.8) is 0 Å². The van der Waals surface area contributed by atoms with Gasteiger partial charge in [-0.15, -0.1) is 0 Å². The Balaban J connectivity index is 1.86. The molecule has 1 aromatic carbocycles. The normalized spacial score (nSPS) is 16.7. The molecular weight excluding hydrogens is 324 g/mol. The number of morpholine rings is 1. The Bertz CT molecular complexity index is 640. The molecule has 1 fully saturated rings. The Hall–Kier alpha value is -2.41. The maximum Gasteiger partial charge on any atom is 0.329 e. The Morgan fingerprint density at radius 2 is 1.88 bits per heavy atom. The van der Waals surface area contributed by atoms with Gasteiger partial charge in [-0.05, 0) is 32.9 Å². The molecule has 1 saturated heterocycles. The summed E-state index contributed by atoms with van der Waals surface area (Å²) >= 11 is 0. The molecule has 1 N–H and O–H groups in total. The van der Waals surface area contributed by atoms with Crippen LogP contribution in [0.4, 0.5) is 0 Å². The second-order valence-electron chi connectivity index (χ2n) is 6.08. The van der Waals surface area contributed by atoms with Crippen LogP contribution in [0.2, 0.25) is 0 Å². The molecule has 1 aliphatic rings. The van der Waals surface area contributed by atoms with Gasteiger partial charge in [0.15, 0.2) is 6.10 Å². The quantitative estimate of drug-likeness (QED) is 0.800. The van der Waals surface area contributed by atoms with Crippen molar-refractivity contribution in [3.8, 4) is 0 Å². The van der Waals surface area contributed by atoms with E-state index in [0.29, 0.717) is 31.9 Å². The molecule has 0 bridgehead atoms. The average molecular weight is 348 g/mol. The predicted molar refractivity (Wildman–Crippen MR) is 91.1 cm³/mol. The number of hydrogen-bond donors (Lipinski definition) is 1. The Morgan fingerprint density at radius 3 is 2.52 bits per heavy atom. The molecule has 0 saturated carbocycles. The van der Waals surface area contributed by atoms with Crippen molar-refractivity contribution in [2.45, 2.75) is 32.9 Å². The van der Waals surface area contributed by atoms with Gasteiger partial charge in [0.05, 0.1) is 13.2 Å². The van der Waals surface area contributed by atoms with Gasteiger partial charge < -0.3 is 19.7 Å². The summed E-state index contributed by atoms with van der Waals surface area (Å²) in [6, 6.07) is 6.21. The lowest BCUT2D eigenvalue weighted by Crippen LogP contribution is -2.47. The molecule has 25 heavy (non-hydrogen) atoms. The highest BCUT2D eigenvalue weighted by Gasteiger charge is 2.27. The summed E-state index contributed by atoms with van der Waals surface area (Å²) in [5.41, 5.74) is 1.42. The van der Waals surface area contributed by atoms with Crippen molar-refractivity contribution in [1.82, 2.24) is 10.2 Å². The second kappa shape index (κ2) is 8.62. The van der Waals surface area contributed by atoms with Crippen molar-refractivity contribution in [2.24, 2.45) is 0 Å². The predicted octanol–water partition coefficient (Wildman–Crippen LogP) is 0.904. The number of hydrogen-bond acceptors (Lipinski definition) is 5. The molecule has 1 heterocycles. The van der Waals surface area contributed by atoms with Crippen LogP contribution < -0.4 is 5.32 Å². The van der Waals surface area contributed by atoms with Gasteiger partial charge in [-0.25, -0.2) is 4.79 Å². The van der Waals surface area contributed by atoms with Gasteiger partial charge in [0.1, 0.15) is 6.04 Å². The van der Waals surface area contributed by atoms with Gasteiger partial charge in [-0.1, -0.05) is 17.7 Å². The maximum atomic E-state index is 12.2. The highest BCUT2D eigenvalue weighted by atomic mass is 16.5. The largest absolute Gasteiger partial charge is 0.451 e. The monoisotopic (exact) mass is 348 g/mol. The minimum Gasteiger partial charge on any atom is -0.451 e. The van der Waals surface area contributed by atoms with Gasteiger partial charge >= 0.3 is 5.97 Å². The molecular formula is C18H24N2O5. The standard InChI is InChI=1S/C18H24N2O5/c1-12-5-4-6-15(11-12)16(21)19-13(2)18(23)25-14(3)17(22)20-7-9-24-10-8-20/h4-6,11,13-14H,7-10H2,1-3H3,(H,19,21). The van der Waals surface area contributed by atoms with Crippen LogP contribution >= 0.6 is 0 Å². The van der Waals surface area contributed by atoms with Crippen molar-refractivity contribution < 1.29 is 23.9 Å². The first-order valence-corrected chi connectivity index (χ1v) is 8.33. The van der Waals surface area contributed by atoms with Crippen LogP contribution in [0.5, 0.6) is 0 Å². The van der Waals surface area contributed by atoms with Crippen LogP contribution in [0.1, 0.15) is 29.8 Å². The van der Waals surface area contributed by atoms with Crippen LogP contribution in [-0.4, -0.2) is 61.1 Å². The van der Waals surface area contributed by atoms with E-state index in [4.69, 9.17) is 9.47 Å². The zero-order chi connectivity index (χ0) is 18.4. The van der Waals surface area contributed by atoms with E-state index in [-0.39, 0.29) is 11.8 Å². The number of nitrogens with one attached hydrogen (secondary N) is 1. The molecule has 1 aromatic rings. The number of rotatable bonds is 5. The van der Waals surface area contributed by atoms with E-state index in [1.807, 2.05) is 13.0 Å². The highest BCUT2D eigenvalue weighted by Crippen LogP contribution is 2.07. The van der Waals surface area contributed by atoms with E-state index in [1.165, 1.54) is 13.8 Å². The van der Waals surface area contributed by atoms with E-state index in [0.717, 1.165) is 5.56 Å². The number of benzene rings is 1. The number of carbonyl (C=O) groups is 3. The van der Waals surface area contributed by atoms with Crippen LogP contribution in [0.25, 0.3) is 0 Å².